The van der Waals surface area contributed by atoms with E-state index in [1.165, 1.54) is 17.5 Å². The van der Waals surface area contributed by atoms with Crippen LogP contribution < -0.4 is 15.4 Å². The van der Waals surface area contributed by atoms with Crippen molar-refractivity contribution in [1.29, 1.82) is 0 Å². The Kier molecular flexibility index (Phi) is 5.49. The van der Waals surface area contributed by atoms with Crippen molar-refractivity contribution in [2.75, 3.05) is 26.2 Å². The summed E-state index contributed by atoms with van der Waals surface area (Å²) in [5, 5.41) is 6.82. The van der Waals surface area contributed by atoms with Crippen LogP contribution in [0.3, 0.4) is 0 Å². The van der Waals surface area contributed by atoms with E-state index in [0.29, 0.717) is 0 Å². The summed E-state index contributed by atoms with van der Waals surface area (Å²) in [7, 11) is 0. The van der Waals surface area contributed by atoms with Gasteiger partial charge >= 0.3 is 0 Å². The highest BCUT2D eigenvalue weighted by atomic mass is 16.5. The van der Waals surface area contributed by atoms with Crippen LogP contribution in [0.15, 0.2) is 18.2 Å². The van der Waals surface area contributed by atoms with Gasteiger partial charge in [-0.25, -0.2) is 0 Å². The molecular weight excluding hydrogens is 224 g/mol. The highest BCUT2D eigenvalue weighted by Crippen LogP contribution is 2.25. The van der Waals surface area contributed by atoms with Crippen LogP contribution in [0.5, 0.6) is 5.75 Å². The van der Waals surface area contributed by atoms with Gasteiger partial charge in [0.1, 0.15) is 5.75 Å². The second kappa shape index (κ2) is 7.39. The molecule has 1 aromatic carbocycles. The molecule has 0 bridgehead atoms. The minimum atomic E-state index is 0.870. The third kappa shape index (κ3) is 4.00. The lowest BCUT2D eigenvalue weighted by molar-refractivity contribution is 0.288. The molecule has 3 heteroatoms. The predicted molar refractivity (Wildman–Crippen MR) is 75.1 cm³/mol. The van der Waals surface area contributed by atoms with Gasteiger partial charge in [-0.3, -0.25) is 0 Å². The van der Waals surface area contributed by atoms with Crippen molar-refractivity contribution >= 4 is 0 Å². The topological polar surface area (TPSA) is 33.3 Å². The molecule has 0 radical (unpaired) electrons. The Labute approximate surface area is 110 Å². The molecule has 0 aromatic heterocycles. The minimum Gasteiger partial charge on any atom is -0.493 e. The highest BCUT2D eigenvalue weighted by molar-refractivity contribution is 5.38. The standard InChI is InChI=1S/C15H24N2O/c1-2-16-8-4-9-17-12-13-6-7-15-14(11-13)5-3-10-18-15/h6-7,11,16-17H,2-5,8-10,12H2,1H3. The summed E-state index contributed by atoms with van der Waals surface area (Å²) in [5.41, 5.74) is 2.73. The number of fused-ring (bicyclic) bond motifs is 1. The molecule has 0 saturated carbocycles. The van der Waals surface area contributed by atoms with Crippen molar-refractivity contribution in [2.45, 2.75) is 32.7 Å². The first-order valence-corrected chi connectivity index (χ1v) is 7.06. The van der Waals surface area contributed by atoms with E-state index in [9.17, 15) is 0 Å². The Morgan fingerprint density at radius 1 is 1.22 bits per heavy atom. The zero-order valence-electron chi connectivity index (χ0n) is 11.3. The van der Waals surface area contributed by atoms with Gasteiger partial charge in [-0.05, 0) is 56.1 Å². The van der Waals surface area contributed by atoms with Crippen LogP contribution in [0.2, 0.25) is 0 Å². The molecular formula is C15H24N2O. The van der Waals surface area contributed by atoms with Crippen LogP contribution in [-0.4, -0.2) is 26.2 Å². The number of hydrogen-bond acceptors (Lipinski definition) is 3. The number of ether oxygens (including phenoxy) is 1. The van der Waals surface area contributed by atoms with Crippen LogP contribution in [0.1, 0.15) is 30.9 Å². The Balaban J connectivity index is 1.72. The lowest BCUT2D eigenvalue weighted by atomic mass is 10.0. The maximum atomic E-state index is 5.62. The number of benzene rings is 1. The smallest absolute Gasteiger partial charge is 0.122 e. The van der Waals surface area contributed by atoms with Crippen molar-refractivity contribution in [3.63, 3.8) is 0 Å². The van der Waals surface area contributed by atoms with Crippen LogP contribution in [0.25, 0.3) is 0 Å². The number of rotatable bonds is 7. The quantitative estimate of drug-likeness (QED) is 0.725. The van der Waals surface area contributed by atoms with Gasteiger partial charge in [-0.15, -0.1) is 0 Å². The maximum absolute atomic E-state index is 5.62. The van der Waals surface area contributed by atoms with E-state index < -0.39 is 0 Å². The van der Waals surface area contributed by atoms with E-state index in [-0.39, 0.29) is 0 Å². The summed E-state index contributed by atoms with van der Waals surface area (Å²) in [6.07, 6.45) is 3.48. The lowest BCUT2D eigenvalue weighted by Crippen LogP contribution is -2.21. The third-order valence-electron chi connectivity index (χ3n) is 3.26. The van der Waals surface area contributed by atoms with Crippen LogP contribution in [0.4, 0.5) is 0 Å². The molecule has 2 rings (SSSR count). The van der Waals surface area contributed by atoms with E-state index in [4.69, 9.17) is 4.74 Å². The normalized spacial score (nSPS) is 14.1. The fraction of sp³-hybridized carbons (Fsp3) is 0.600. The molecule has 0 spiro atoms. The molecule has 0 aliphatic carbocycles. The molecule has 0 amide bonds. The number of hydrogen-bond donors (Lipinski definition) is 2. The molecule has 1 aliphatic rings. The molecule has 0 saturated heterocycles. The van der Waals surface area contributed by atoms with Crippen molar-refractivity contribution in [3.05, 3.63) is 29.3 Å². The van der Waals surface area contributed by atoms with Gasteiger partial charge in [0.2, 0.25) is 0 Å². The summed E-state index contributed by atoms with van der Waals surface area (Å²) in [5.74, 6) is 1.08. The zero-order chi connectivity index (χ0) is 12.6. The van der Waals surface area contributed by atoms with Crippen molar-refractivity contribution < 1.29 is 4.74 Å². The Morgan fingerprint density at radius 3 is 3.00 bits per heavy atom. The van der Waals surface area contributed by atoms with Crippen LogP contribution in [0, 0.1) is 0 Å². The van der Waals surface area contributed by atoms with Gasteiger partial charge in [-0.1, -0.05) is 19.1 Å². The Bertz CT molecular complexity index is 366. The van der Waals surface area contributed by atoms with E-state index in [1.54, 1.807) is 0 Å². The summed E-state index contributed by atoms with van der Waals surface area (Å²) < 4.78 is 5.62. The van der Waals surface area contributed by atoms with Crippen molar-refractivity contribution in [3.8, 4) is 5.75 Å². The molecule has 0 atom stereocenters. The second-order valence-electron chi connectivity index (χ2n) is 4.78. The molecule has 0 fully saturated rings. The van der Waals surface area contributed by atoms with Crippen LogP contribution in [-0.2, 0) is 13.0 Å². The molecule has 1 heterocycles. The Morgan fingerprint density at radius 2 is 2.11 bits per heavy atom. The Hall–Kier alpha value is -1.06. The number of nitrogens with one attached hydrogen (secondary N) is 2. The molecule has 1 aliphatic heterocycles. The van der Waals surface area contributed by atoms with E-state index in [1.807, 2.05) is 0 Å². The van der Waals surface area contributed by atoms with Gasteiger partial charge in [-0.2, -0.15) is 0 Å². The van der Waals surface area contributed by atoms with E-state index >= 15 is 0 Å². The summed E-state index contributed by atoms with van der Waals surface area (Å²) >= 11 is 0. The third-order valence-corrected chi connectivity index (χ3v) is 3.26. The lowest BCUT2D eigenvalue weighted by Gasteiger charge is -2.18. The van der Waals surface area contributed by atoms with E-state index in [2.05, 4.69) is 35.8 Å². The minimum absolute atomic E-state index is 0.870. The average Bonchev–Trinajstić information content (AvgIpc) is 2.42. The predicted octanol–water partition coefficient (Wildman–Crippen LogP) is 2.10. The van der Waals surface area contributed by atoms with Gasteiger partial charge in [0.15, 0.2) is 0 Å². The number of aryl methyl sites for hydroxylation is 1. The summed E-state index contributed by atoms with van der Waals surface area (Å²) in [6.45, 7) is 7.20. The first-order chi connectivity index (χ1) is 8.90. The molecule has 1 aromatic rings. The summed E-state index contributed by atoms with van der Waals surface area (Å²) in [6, 6.07) is 6.57. The SMILES string of the molecule is CCNCCCNCc1ccc2c(c1)CCCO2. The van der Waals surface area contributed by atoms with Gasteiger partial charge in [0.25, 0.3) is 0 Å². The maximum Gasteiger partial charge on any atom is 0.122 e. The molecule has 0 unspecified atom stereocenters. The second-order valence-corrected chi connectivity index (χ2v) is 4.78. The summed E-state index contributed by atoms with van der Waals surface area (Å²) in [4.78, 5) is 0. The van der Waals surface area contributed by atoms with Crippen molar-refractivity contribution in [2.24, 2.45) is 0 Å². The average molecular weight is 248 g/mol. The van der Waals surface area contributed by atoms with Gasteiger partial charge in [0.05, 0.1) is 6.61 Å². The van der Waals surface area contributed by atoms with Crippen LogP contribution >= 0.6 is 0 Å². The molecule has 3 nitrogen and oxygen atoms in total. The first kappa shape index (κ1) is 13.4. The monoisotopic (exact) mass is 248 g/mol. The fourth-order valence-electron chi connectivity index (χ4n) is 2.27. The molecule has 2 N–H and O–H groups in total. The van der Waals surface area contributed by atoms with Crippen molar-refractivity contribution in [1.82, 2.24) is 10.6 Å². The zero-order valence-corrected chi connectivity index (χ0v) is 11.3. The van der Waals surface area contributed by atoms with E-state index in [0.717, 1.165) is 51.4 Å². The first-order valence-electron chi connectivity index (χ1n) is 7.06. The largest absolute Gasteiger partial charge is 0.493 e. The molecule has 18 heavy (non-hydrogen) atoms. The van der Waals surface area contributed by atoms with Gasteiger partial charge in [0, 0.05) is 6.54 Å². The fourth-order valence-corrected chi connectivity index (χ4v) is 2.27. The molecule has 100 valence electrons. The highest BCUT2D eigenvalue weighted by Gasteiger charge is 2.09. The van der Waals surface area contributed by atoms with Gasteiger partial charge < -0.3 is 15.4 Å².